The van der Waals surface area contributed by atoms with Crippen molar-refractivity contribution >= 4 is 17.1 Å². The smallest absolute Gasteiger partial charge is 0.184 e. The monoisotopic (exact) mass is 262 g/mol. The molecule has 0 heterocycles. The minimum absolute atomic E-state index is 0.0203. The van der Waals surface area contributed by atoms with Gasteiger partial charge in [-0.2, -0.15) is 0 Å². The molecule has 0 aromatic heterocycles. The van der Waals surface area contributed by atoms with Crippen molar-refractivity contribution in [3.05, 3.63) is 53.6 Å². The zero-order valence-electron chi connectivity index (χ0n) is 10.9. The second-order valence-electron chi connectivity index (χ2n) is 4.69. The van der Waals surface area contributed by atoms with E-state index >= 15 is 0 Å². The molecule has 2 rings (SSSR count). The van der Waals surface area contributed by atoms with Gasteiger partial charge >= 0.3 is 0 Å². The predicted molar refractivity (Wildman–Crippen MR) is 74.6 cm³/mol. The van der Waals surface area contributed by atoms with Gasteiger partial charge in [0.2, 0.25) is 0 Å². The Morgan fingerprint density at radius 1 is 1.05 bits per heavy atom. The van der Waals surface area contributed by atoms with Gasteiger partial charge in [-0.3, -0.25) is 0 Å². The fraction of sp³-hybridized carbons (Fsp3) is 0.200. The van der Waals surface area contributed by atoms with Crippen LogP contribution >= 0.6 is 0 Å². The second-order valence-corrected chi connectivity index (χ2v) is 4.69. The summed E-state index contributed by atoms with van der Waals surface area (Å²) in [6.07, 6.45) is 0. The first-order valence-corrected chi connectivity index (χ1v) is 6.10. The fourth-order valence-corrected chi connectivity index (χ4v) is 1.94. The van der Waals surface area contributed by atoms with Crippen LogP contribution in [0.2, 0.25) is 0 Å². The molecule has 0 bridgehead atoms. The first-order chi connectivity index (χ1) is 9.00. The molecule has 0 aliphatic carbocycles. The van der Waals surface area contributed by atoms with Gasteiger partial charge in [0.05, 0.1) is 5.69 Å². The highest BCUT2D eigenvalue weighted by Crippen LogP contribution is 2.31. The zero-order valence-corrected chi connectivity index (χ0v) is 10.9. The molecular formula is C15H16F2N2. The van der Waals surface area contributed by atoms with Crippen LogP contribution in [0.15, 0.2) is 36.4 Å². The van der Waals surface area contributed by atoms with E-state index < -0.39 is 11.6 Å². The first-order valence-electron chi connectivity index (χ1n) is 6.10. The average molecular weight is 262 g/mol. The Bertz CT molecular complexity index is 595. The molecule has 2 nitrogen and oxygen atoms in total. The van der Waals surface area contributed by atoms with Crippen molar-refractivity contribution in [3.63, 3.8) is 0 Å². The highest BCUT2D eigenvalue weighted by Gasteiger charge is 2.14. The number of halogens is 2. The molecule has 3 N–H and O–H groups in total. The summed E-state index contributed by atoms with van der Waals surface area (Å²) in [6.45, 7) is 4.07. The van der Waals surface area contributed by atoms with Gasteiger partial charge in [0.1, 0.15) is 5.69 Å². The van der Waals surface area contributed by atoms with Gasteiger partial charge in [0.15, 0.2) is 11.6 Å². The van der Waals surface area contributed by atoms with Gasteiger partial charge in [-0.1, -0.05) is 32.0 Å². The molecule has 0 unspecified atom stereocenters. The van der Waals surface area contributed by atoms with Crippen molar-refractivity contribution in [1.82, 2.24) is 0 Å². The molecule has 0 spiro atoms. The Morgan fingerprint density at radius 2 is 1.74 bits per heavy atom. The normalized spacial score (nSPS) is 10.8. The van der Waals surface area contributed by atoms with E-state index in [4.69, 9.17) is 5.73 Å². The summed E-state index contributed by atoms with van der Waals surface area (Å²) in [6, 6.07) is 9.87. The lowest BCUT2D eigenvalue weighted by Crippen LogP contribution is -2.04. The Kier molecular flexibility index (Phi) is 3.69. The van der Waals surface area contributed by atoms with Gasteiger partial charge in [-0.25, -0.2) is 8.78 Å². The Balaban J connectivity index is 2.45. The SMILES string of the molecule is CC(C)c1ccccc1Nc1c(N)ccc(F)c1F. The highest BCUT2D eigenvalue weighted by atomic mass is 19.2. The number of hydrogen-bond acceptors (Lipinski definition) is 2. The molecule has 0 radical (unpaired) electrons. The topological polar surface area (TPSA) is 38.0 Å². The number of hydrogen-bond donors (Lipinski definition) is 2. The fourth-order valence-electron chi connectivity index (χ4n) is 1.94. The largest absolute Gasteiger partial charge is 0.397 e. The molecule has 0 aliphatic rings. The van der Waals surface area contributed by atoms with E-state index in [1.54, 1.807) is 0 Å². The van der Waals surface area contributed by atoms with Crippen LogP contribution in [-0.4, -0.2) is 0 Å². The van der Waals surface area contributed by atoms with Gasteiger partial charge in [-0.15, -0.1) is 0 Å². The van der Waals surface area contributed by atoms with Crippen LogP contribution in [-0.2, 0) is 0 Å². The Hall–Kier alpha value is -2.10. The number of rotatable bonds is 3. The zero-order chi connectivity index (χ0) is 14.0. The lowest BCUT2D eigenvalue weighted by molar-refractivity contribution is 0.512. The van der Waals surface area contributed by atoms with E-state index in [1.165, 1.54) is 6.07 Å². The van der Waals surface area contributed by atoms with E-state index in [0.717, 1.165) is 17.3 Å². The number of nitrogens with one attached hydrogen (secondary N) is 1. The molecule has 0 saturated heterocycles. The maximum Gasteiger partial charge on any atom is 0.184 e. The lowest BCUT2D eigenvalue weighted by atomic mass is 10.0. The van der Waals surface area contributed by atoms with Crippen molar-refractivity contribution in [2.24, 2.45) is 0 Å². The van der Waals surface area contributed by atoms with Crippen LogP contribution in [0.4, 0.5) is 25.8 Å². The molecule has 0 atom stereocenters. The number of anilines is 3. The third-order valence-electron chi connectivity index (χ3n) is 2.97. The second kappa shape index (κ2) is 5.26. The number of benzene rings is 2. The minimum Gasteiger partial charge on any atom is -0.397 e. The number of nitrogens with two attached hydrogens (primary N) is 1. The maximum atomic E-state index is 13.8. The van der Waals surface area contributed by atoms with Gasteiger partial charge in [-0.05, 0) is 29.7 Å². The molecule has 0 aliphatic heterocycles. The van der Waals surface area contributed by atoms with Crippen molar-refractivity contribution < 1.29 is 8.78 Å². The summed E-state index contributed by atoms with van der Waals surface area (Å²) in [5.74, 6) is -1.61. The van der Waals surface area contributed by atoms with E-state index in [1.807, 2.05) is 38.1 Å². The van der Waals surface area contributed by atoms with Crippen LogP contribution in [0, 0.1) is 11.6 Å². The molecule has 100 valence electrons. The van der Waals surface area contributed by atoms with Gasteiger partial charge in [0, 0.05) is 5.69 Å². The molecule has 0 amide bonds. The molecule has 2 aromatic carbocycles. The van der Waals surface area contributed by atoms with Crippen LogP contribution < -0.4 is 11.1 Å². The average Bonchev–Trinajstić information content (AvgIpc) is 2.39. The third-order valence-corrected chi connectivity index (χ3v) is 2.97. The number of nitrogen functional groups attached to an aromatic ring is 1. The summed E-state index contributed by atoms with van der Waals surface area (Å²) in [5, 5.41) is 2.89. The van der Waals surface area contributed by atoms with E-state index in [9.17, 15) is 8.78 Å². The number of para-hydroxylation sites is 1. The molecule has 0 saturated carbocycles. The highest BCUT2D eigenvalue weighted by molar-refractivity contribution is 5.74. The van der Waals surface area contributed by atoms with Crippen LogP contribution in [0.25, 0.3) is 0 Å². The molecular weight excluding hydrogens is 246 g/mol. The standard InChI is InChI=1S/C15H16F2N2/c1-9(2)10-5-3-4-6-13(10)19-15-12(18)8-7-11(16)14(15)17/h3-9,19H,18H2,1-2H3. The maximum absolute atomic E-state index is 13.8. The van der Waals surface area contributed by atoms with Crippen molar-refractivity contribution in [2.75, 3.05) is 11.1 Å². The Labute approximate surface area is 111 Å². The van der Waals surface area contributed by atoms with E-state index in [2.05, 4.69) is 5.32 Å². The summed E-state index contributed by atoms with van der Waals surface area (Å²) >= 11 is 0. The lowest BCUT2D eigenvalue weighted by Gasteiger charge is -2.16. The summed E-state index contributed by atoms with van der Waals surface area (Å²) in [5.41, 5.74) is 7.60. The molecule has 4 heteroatoms. The van der Waals surface area contributed by atoms with Crippen LogP contribution in [0.3, 0.4) is 0 Å². The van der Waals surface area contributed by atoms with E-state index in [-0.39, 0.29) is 17.3 Å². The summed E-state index contributed by atoms with van der Waals surface area (Å²) < 4.78 is 27.0. The third kappa shape index (κ3) is 2.67. The predicted octanol–water partition coefficient (Wildman–Crippen LogP) is 4.41. The quantitative estimate of drug-likeness (QED) is 0.804. The summed E-state index contributed by atoms with van der Waals surface area (Å²) in [4.78, 5) is 0. The summed E-state index contributed by atoms with van der Waals surface area (Å²) in [7, 11) is 0. The Morgan fingerprint density at radius 3 is 2.42 bits per heavy atom. The first kappa shape index (κ1) is 13.3. The van der Waals surface area contributed by atoms with E-state index in [0.29, 0.717) is 0 Å². The van der Waals surface area contributed by atoms with Crippen LogP contribution in [0.5, 0.6) is 0 Å². The molecule has 2 aromatic rings. The van der Waals surface area contributed by atoms with Crippen molar-refractivity contribution in [1.29, 1.82) is 0 Å². The van der Waals surface area contributed by atoms with Gasteiger partial charge in [0.25, 0.3) is 0 Å². The molecule has 19 heavy (non-hydrogen) atoms. The van der Waals surface area contributed by atoms with Crippen LogP contribution in [0.1, 0.15) is 25.3 Å². The van der Waals surface area contributed by atoms with Crippen molar-refractivity contribution in [2.45, 2.75) is 19.8 Å². The van der Waals surface area contributed by atoms with Crippen molar-refractivity contribution in [3.8, 4) is 0 Å². The van der Waals surface area contributed by atoms with Gasteiger partial charge < -0.3 is 11.1 Å². The molecule has 0 fully saturated rings. The minimum atomic E-state index is -0.960.